The maximum absolute atomic E-state index is 12.6. The molecule has 1 N–H and O–H groups in total. The summed E-state index contributed by atoms with van der Waals surface area (Å²) in [5.41, 5.74) is 0.126. The van der Waals surface area contributed by atoms with E-state index in [1.54, 1.807) is 12.1 Å². The van der Waals surface area contributed by atoms with Gasteiger partial charge in [0.05, 0.1) is 16.8 Å². The summed E-state index contributed by atoms with van der Waals surface area (Å²) in [5, 5.41) is 22.1. The molecule has 7 nitrogen and oxygen atoms in total. The Kier molecular flexibility index (Phi) is 6.98. The number of nitrogens with zero attached hydrogens (tertiary/aromatic N) is 4. The summed E-state index contributed by atoms with van der Waals surface area (Å²) in [6, 6.07) is 19.2. The van der Waals surface area contributed by atoms with Gasteiger partial charge in [0.25, 0.3) is 0 Å². The molecule has 2 aromatic carbocycles. The second-order valence-corrected chi connectivity index (χ2v) is 8.88. The third kappa shape index (κ3) is 5.06. The van der Waals surface area contributed by atoms with Gasteiger partial charge in [0, 0.05) is 5.69 Å². The zero-order valence-corrected chi connectivity index (χ0v) is 18.9. The number of carbonyl (C=O) groups is 1. The second kappa shape index (κ2) is 10.1. The number of hydrogen-bond acceptors (Lipinski definition) is 6. The highest BCUT2D eigenvalue weighted by Gasteiger charge is 2.35. The normalized spacial score (nSPS) is 14.6. The van der Waals surface area contributed by atoms with Crippen LogP contribution in [0.3, 0.4) is 0 Å². The quantitative estimate of drug-likeness (QED) is 0.489. The van der Waals surface area contributed by atoms with Crippen LogP contribution in [0.5, 0.6) is 5.75 Å². The molecule has 0 saturated heterocycles. The van der Waals surface area contributed by atoms with Crippen molar-refractivity contribution in [2.24, 2.45) is 0 Å². The molecule has 0 unspecified atom stereocenters. The third-order valence-electron chi connectivity index (χ3n) is 5.29. The number of ether oxygens (including phenoxy) is 1. The molecule has 1 aliphatic rings. The predicted octanol–water partition coefficient (Wildman–Crippen LogP) is 4.54. The van der Waals surface area contributed by atoms with Crippen molar-refractivity contribution >= 4 is 29.3 Å². The first kappa shape index (κ1) is 22.2. The van der Waals surface area contributed by atoms with Gasteiger partial charge in [-0.25, -0.2) is 0 Å². The van der Waals surface area contributed by atoms with Crippen molar-refractivity contribution in [2.45, 2.75) is 43.0 Å². The molecular formula is C23H22ClN5O2S. The van der Waals surface area contributed by atoms with E-state index in [0.717, 1.165) is 18.5 Å². The summed E-state index contributed by atoms with van der Waals surface area (Å²) in [5.74, 6) is 1.10. The van der Waals surface area contributed by atoms with Gasteiger partial charge in [-0.1, -0.05) is 53.7 Å². The van der Waals surface area contributed by atoms with E-state index in [4.69, 9.17) is 16.3 Å². The summed E-state index contributed by atoms with van der Waals surface area (Å²) in [6.45, 7) is 0.163. The highest BCUT2D eigenvalue weighted by Crippen LogP contribution is 2.30. The topological polar surface area (TPSA) is 92.8 Å². The van der Waals surface area contributed by atoms with Gasteiger partial charge in [0.2, 0.25) is 5.91 Å². The Morgan fingerprint density at radius 2 is 1.88 bits per heavy atom. The zero-order valence-electron chi connectivity index (χ0n) is 17.3. The zero-order chi connectivity index (χ0) is 22.4. The summed E-state index contributed by atoms with van der Waals surface area (Å²) < 4.78 is 7.73. The monoisotopic (exact) mass is 467 g/mol. The molecule has 32 heavy (non-hydrogen) atoms. The lowest BCUT2D eigenvalue weighted by molar-refractivity contribution is -0.119. The molecule has 3 aromatic rings. The minimum absolute atomic E-state index is 0.139. The summed E-state index contributed by atoms with van der Waals surface area (Å²) in [7, 11) is 0. The number of aromatic nitrogens is 3. The van der Waals surface area contributed by atoms with Crippen LogP contribution in [-0.4, -0.2) is 32.0 Å². The average Bonchev–Trinajstić information content (AvgIpc) is 3.45. The first-order chi connectivity index (χ1) is 15.6. The van der Waals surface area contributed by atoms with E-state index in [-0.39, 0.29) is 18.3 Å². The number of nitrogens with one attached hydrogen (secondary N) is 1. The number of hydrogen-bond donors (Lipinski definition) is 1. The van der Waals surface area contributed by atoms with Crippen LogP contribution in [0, 0.1) is 11.3 Å². The molecule has 1 fully saturated rings. The lowest BCUT2D eigenvalue weighted by atomic mass is 10.0. The van der Waals surface area contributed by atoms with Crippen LogP contribution < -0.4 is 10.1 Å². The molecule has 1 aromatic heterocycles. The van der Waals surface area contributed by atoms with Crippen LogP contribution in [-0.2, 0) is 11.4 Å². The van der Waals surface area contributed by atoms with E-state index in [2.05, 4.69) is 21.6 Å². The van der Waals surface area contributed by atoms with E-state index in [1.807, 2.05) is 47.0 Å². The average molecular weight is 468 g/mol. The highest BCUT2D eigenvalue weighted by atomic mass is 35.5. The molecule has 0 radical (unpaired) electrons. The number of amides is 1. The Morgan fingerprint density at radius 3 is 2.59 bits per heavy atom. The Morgan fingerprint density at radius 1 is 1.16 bits per heavy atom. The molecule has 0 atom stereocenters. The Labute approximate surface area is 195 Å². The van der Waals surface area contributed by atoms with Gasteiger partial charge in [-0.05, 0) is 49.9 Å². The van der Waals surface area contributed by atoms with Crippen molar-refractivity contribution < 1.29 is 9.53 Å². The summed E-state index contributed by atoms with van der Waals surface area (Å²) in [4.78, 5) is 12.6. The molecule has 1 amide bonds. The number of nitriles is 1. The van der Waals surface area contributed by atoms with Gasteiger partial charge in [-0.2, -0.15) is 5.26 Å². The number of para-hydroxylation sites is 2. The Bertz CT molecular complexity index is 1120. The number of rotatable bonds is 8. The highest BCUT2D eigenvalue weighted by molar-refractivity contribution is 7.99. The lowest BCUT2D eigenvalue weighted by Gasteiger charge is -2.21. The van der Waals surface area contributed by atoms with Crippen molar-refractivity contribution in [3.05, 3.63) is 65.4 Å². The van der Waals surface area contributed by atoms with E-state index in [9.17, 15) is 10.1 Å². The number of benzene rings is 2. The van der Waals surface area contributed by atoms with Crippen molar-refractivity contribution in [3.63, 3.8) is 0 Å². The van der Waals surface area contributed by atoms with E-state index in [0.29, 0.717) is 34.6 Å². The Balaban J connectivity index is 1.50. The molecule has 164 valence electrons. The minimum atomic E-state index is -0.737. The third-order valence-corrected chi connectivity index (χ3v) is 6.53. The molecule has 0 bridgehead atoms. The SMILES string of the molecule is N#CC1(NC(=O)CSc2nnc(COc3ccccc3Cl)n2-c2ccccc2)CCCC1. The molecule has 0 spiro atoms. The molecule has 1 saturated carbocycles. The maximum Gasteiger partial charge on any atom is 0.231 e. The second-order valence-electron chi connectivity index (χ2n) is 7.53. The lowest BCUT2D eigenvalue weighted by Crippen LogP contribution is -2.45. The van der Waals surface area contributed by atoms with Crippen molar-refractivity contribution in [3.8, 4) is 17.5 Å². The van der Waals surface area contributed by atoms with E-state index >= 15 is 0 Å². The smallest absolute Gasteiger partial charge is 0.231 e. The number of carbonyl (C=O) groups excluding carboxylic acids is 1. The fraction of sp³-hybridized carbons (Fsp3) is 0.304. The molecule has 1 aliphatic carbocycles. The standard InChI is InChI=1S/C23H22ClN5O2S/c24-18-10-4-5-11-19(18)31-14-20-27-28-22(29(20)17-8-2-1-3-9-17)32-15-21(30)26-23(16-25)12-6-7-13-23/h1-5,8-11H,6-7,12-15H2,(H,26,30). The first-order valence-corrected chi connectivity index (χ1v) is 11.7. The van der Waals surface area contributed by atoms with E-state index < -0.39 is 5.54 Å². The van der Waals surface area contributed by atoms with Gasteiger partial charge in [0.15, 0.2) is 11.0 Å². The van der Waals surface area contributed by atoms with Crippen molar-refractivity contribution in [2.75, 3.05) is 5.75 Å². The maximum atomic E-state index is 12.6. The minimum Gasteiger partial charge on any atom is -0.484 e. The van der Waals surface area contributed by atoms with Crippen LogP contribution in [0.4, 0.5) is 0 Å². The summed E-state index contributed by atoms with van der Waals surface area (Å²) in [6.07, 6.45) is 3.31. The summed E-state index contributed by atoms with van der Waals surface area (Å²) >= 11 is 7.47. The van der Waals surface area contributed by atoms with Crippen molar-refractivity contribution in [1.82, 2.24) is 20.1 Å². The molecule has 4 rings (SSSR count). The van der Waals surface area contributed by atoms with Crippen LogP contribution in [0.2, 0.25) is 5.02 Å². The molecule has 9 heteroatoms. The Hall–Kier alpha value is -3.02. The largest absolute Gasteiger partial charge is 0.484 e. The van der Waals surface area contributed by atoms with Gasteiger partial charge in [0.1, 0.15) is 17.9 Å². The molecule has 0 aliphatic heterocycles. The number of halogens is 1. The predicted molar refractivity (Wildman–Crippen MR) is 123 cm³/mol. The van der Waals surface area contributed by atoms with Gasteiger partial charge in [-0.15, -0.1) is 10.2 Å². The van der Waals surface area contributed by atoms with Crippen LogP contribution in [0.25, 0.3) is 5.69 Å². The number of thioether (sulfide) groups is 1. The fourth-order valence-electron chi connectivity index (χ4n) is 3.70. The van der Waals surface area contributed by atoms with Crippen LogP contribution >= 0.6 is 23.4 Å². The van der Waals surface area contributed by atoms with Crippen LogP contribution in [0.15, 0.2) is 59.8 Å². The van der Waals surface area contributed by atoms with Gasteiger partial charge in [-0.3, -0.25) is 9.36 Å². The first-order valence-electron chi connectivity index (χ1n) is 10.3. The molecule has 1 heterocycles. The molecular weight excluding hydrogens is 446 g/mol. The van der Waals surface area contributed by atoms with Gasteiger partial charge < -0.3 is 10.1 Å². The van der Waals surface area contributed by atoms with Crippen molar-refractivity contribution in [1.29, 1.82) is 5.26 Å². The van der Waals surface area contributed by atoms with Crippen LogP contribution in [0.1, 0.15) is 31.5 Å². The van der Waals surface area contributed by atoms with E-state index in [1.165, 1.54) is 11.8 Å². The van der Waals surface area contributed by atoms with Gasteiger partial charge >= 0.3 is 0 Å². The fourth-order valence-corrected chi connectivity index (χ4v) is 4.67.